The highest BCUT2D eigenvalue weighted by atomic mass is 19.4. The van der Waals surface area contributed by atoms with E-state index in [1.807, 2.05) is 0 Å². The predicted octanol–water partition coefficient (Wildman–Crippen LogP) is 2.98. The van der Waals surface area contributed by atoms with Gasteiger partial charge in [-0.25, -0.2) is 9.67 Å². The molecule has 4 rings (SSSR count). The van der Waals surface area contributed by atoms with E-state index >= 15 is 0 Å². The van der Waals surface area contributed by atoms with Crippen molar-refractivity contribution in [3.63, 3.8) is 0 Å². The average molecular weight is 397 g/mol. The zero-order valence-electron chi connectivity index (χ0n) is 15.2. The van der Waals surface area contributed by atoms with Gasteiger partial charge >= 0.3 is 12.1 Å². The molecule has 1 saturated heterocycles. The molecule has 150 valence electrons. The number of carbonyl (C=O) groups excluding carboxylic acids is 1. The minimum atomic E-state index is -4.62. The number of hydrogen-bond acceptors (Lipinski definition) is 7. The van der Waals surface area contributed by atoms with Gasteiger partial charge in [-0.05, 0) is 19.8 Å². The van der Waals surface area contributed by atoms with Crippen molar-refractivity contribution in [2.75, 3.05) is 19.0 Å². The van der Waals surface area contributed by atoms with Gasteiger partial charge < -0.3 is 14.8 Å². The van der Waals surface area contributed by atoms with Crippen LogP contribution in [-0.2, 0) is 21.1 Å². The molecule has 0 spiro atoms. The maximum atomic E-state index is 13.0. The third kappa shape index (κ3) is 3.14. The van der Waals surface area contributed by atoms with Crippen LogP contribution in [0.5, 0.6) is 5.88 Å². The molecule has 1 saturated carbocycles. The van der Waals surface area contributed by atoms with Crippen LogP contribution in [-0.4, -0.2) is 39.4 Å². The molecule has 1 atom stereocenters. The first-order valence-corrected chi connectivity index (χ1v) is 8.75. The Hall–Kier alpha value is -2.85. The summed E-state index contributed by atoms with van der Waals surface area (Å²) in [4.78, 5) is 19.7. The van der Waals surface area contributed by atoms with Crippen LogP contribution < -0.4 is 10.1 Å². The van der Waals surface area contributed by atoms with Crippen molar-refractivity contribution in [1.82, 2.24) is 19.7 Å². The zero-order chi connectivity index (χ0) is 20.1. The van der Waals surface area contributed by atoms with Crippen LogP contribution in [0.4, 0.5) is 24.9 Å². The lowest BCUT2D eigenvalue weighted by Crippen LogP contribution is -2.28. The molecule has 2 aliphatic rings. The highest BCUT2D eigenvalue weighted by molar-refractivity contribution is 5.84. The molecular formula is C17H18F3N5O3. The molecular weight excluding hydrogens is 379 g/mol. The number of ether oxygens (including phenoxy) is 2. The Morgan fingerprint density at radius 3 is 2.71 bits per heavy atom. The molecule has 0 amide bonds. The van der Waals surface area contributed by atoms with Crippen molar-refractivity contribution in [2.45, 2.75) is 43.8 Å². The van der Waals surface area contributed by atoms with E-state index in [0.29, 0.717) is 30.7 Å². The Kier molecular flexibility index (Phi) is 4.20. The first-order valence-electron chi connectivity index (χ1n) is 8.75. The van der Waals surface area contributed by atoms with Crippen LogP contribution >= 0.6 is 0 Å². The number of hydrogen-bond donors (Lipinski definition) is 1. The Morgan fingerprint density at radius 2 is 2.14 bits per heavy atom. The van der Waals surface area contributed by atoms with Crippen LogP contribution in [0.2, 0.25) is 0 Å². The highest BCUT2D eigenvalue weighted by Gasteiger charge is 2.45. The summed E-state index contributed by atoms with van der Waals surface area (Å²) >= 11 is 0. The smallest absolute Gasteiger partial charge is 0.423 e. The molecule has 0 unspecified atom stereocenters. The third-order valence-electron chi connectivity index (χ3n) is 4.97. The molecule has 8 nitrogen and oxygen atoms in total. The molecule has 11 heteroatoms. The highest BCUT2D eigenvalue weighted by Crippen LogP contribution is 2.41. The Bertz CT molecular complexity index is 925. The van der Waals surface area contributed by atoms with Crippen molar-refractivity contribution < 1.29 is 27.4 Å². The number of cyclic esters (lactones) is 1. The van der Waals surface area contributed by atoms with Crippen molar-refractivity contribution in [3.05, 3.63) is 23.5 Å². The summed E-state index contributed by atoms with van der Waals surface area (Å²) in [5, 5.41) is 7.46. The lowest BCUT2D eigenvalue weighted by atomic mass is 9.85. The standard InChI is InChI=1S/C17H18F3N5O3/c1-16(5-6-28-14(16)26)11-7-12(25(24-11)9-3-4-9)22-15-21-8-10(17(18,19)20)13(23-15)27-2/h7-9H,3-6H2,1-2H3,(H,21,22,23)/t16-/m0/s1. The molecule has 28 heavy (non-hydrogen) atoms. The first kappa shape index (κ1) is 18.5. The maximum absolute atomic E-state index is 13.0. The second kappa shape index (κ2) is 6.35. The molecule has 1 aliphatic heterocycles. The van der Waals surface area contributed by atoms with E-state index in [1.165, 1.54) is 0 Å². The van der Waals surface area contributed by atoms with E-state index in [4.69, 9.17) is 9.47 Å². The number of nitrogens with zero attached hydrogens (tertiary/aromatic N) is 4. The van der Waals surface area contributed by atoms with Crippen molar-refractivity contribution >= 4 is 17.7 Å². The monoisotopic (exact) mass is 397 g/mol. The van der Waals surface area contributed by atoms with Gasteiger partial charge in [0.25, 0.3) is 0 Å². The summed E-state index contributed by atoms with van der Waals surface area (Å²) in [6, 6.07) is 1.85. The number of alkyl halides is 3. The molecule has 2 aromatic heterocycles. The van der Waals surface area contributed by atoms with Gasteiger partial charge in [-0.15, -0.1) is 0 Å². The van der Waals surface area contributed by atoms with Crippen LogP contribution in [0.3, 0.4) is 0 Å². The fraction of sp³-hybridized carbons (Fsp3) is 0.529. The lowest BCUT2D eigenvalue weighted by molar-refractivity contribution is -0.142. The molecule has 0 radical (unpaired) electrons. The number of halogens is 3. The maximum Gasteiger partial charge on any atom is 0.423 e. The van der Waals surface area contributed by atoms with Gasteiger partial charge in [0.1, 0.15) is 16.8 Å². The fourth-order valence-corrected chi connectivity index (χ4v) is 3.09. The van der Waals surface area contributed by atoms with Crippen molar-refractivity contribution in [2.24, 2.45) is 0 Å². The predicted molar refractivity (Wildman–Crippen MR) is 90.3 cm³/mol. The molecule has 0 bridgehead atoms. The van der Waals surface area contributed by atoms with Gasteiger partial charge in [-0.2, -0.15) is 23.3 Å². The summed E-state index contributed by atoms with van der Waals surface area (Å²) in [6.07, 6.45) is -1.59. The second-order valence-corrected chi connectivity index (χ2v) is 7.05. The van der Waals surface area contributed by atoms with Crippen molar-refractivity contribution in [3.8, 4) is 5.88 Å². The number of anilines is 2. The topological polar surface area (TPSA) is 91.2 Å². The van der Waals surface area contributed by atoms with E-state index in [1.54, 1.807) is 17.7 Å². The molecule has 2 fully saturated rings. The van der Waals surface area contributed by atoms with E-state index < -0.39 is 23.0 Å². The van der Waals surface area contributed by atoms with Gasteiger partial charge in [0.05, 0.1) is 25.5 Å². The molecule has 2 aromatic rings. The normalized spacial score (nSPS) is 22.2. The minimum Gasteiger partial charge on any atom is -0.480 e. The number of carbonyl (C=O) groups is 1. The molecule has 3 heterocycles. The SMILES string of the molecule is COc1nc(Nc2cc([C@]3(C)CCOC3=O)nn2C2CC2)ncc1C(F)(F)F. The van der Waals surface area contributed by atoms with Crippen molar-refractivity contribution in [1.29, 1.82) is 0 Å². The fourth-order valence-electron chi connectivity index (χ4n) is 3.09. The van der Waals surface area contributed by atoms with Gasteiger partial charge in [-0.3, -0.25) is 4.79 Å². The van der Waals surface area contributed by atoms with Gasteiger partial charge in [-0.1, -0.05) is 0 Å². The van der Waals surface area contributed by atoms with Crippen LogP contribution in [0, 0.1) is 0 Å². The molecule has 1 aliphatic carbocycles. The zero-order valence-corrected chi connectivity index (χ0v) is 15.2. The van der Waals surface area contributed by atoms with E-state index in [-0.39, 0.29) is 18.0 Å². The number of methoxy groups -OCH3 is 1. The van der Waals surface area contributed by atoms with Crippen LogP contribution in [0.15, 0.2) is 12.3 Å². The number of rotatable bonds is 5. The Labute approximate surface area is 158 Å². The summed E-state index contributed by atoms with van der Waals surface area (Å²) in [5.74, 6) is -0.474. The first-order chi connectivity index (χ1) is 13.2. The van der Waals surface area contributed by atoms with E-state index in [9.17, 15) is 18.0 Å². The summed E-state index contributed by atoms with van der Waals surface area (Å²) < 4.78 is 50.5. The average Bonchev–Trinajstić information content (AvgIpc) is 3.31. The Balaban J connectivity index is 1.67. The Morgan fingerprint density at radius 1 is 1.39 bits per heavy atom. The van der Waals surface area contributed by atoms with E-state index in [2.05, 4.69) is 20.4 Å². The second-order valence-electron chi connectivity index (χ2n) is 7.05. The largest absolute Gasteiger partial charge is 0.480 e. The molecule has 0 aromatic carbocycles. The lowest BCUT2D eigenvalue weighted by Gasteiger charge is -2.15. The van der Waals surface area contributed by atoms with Crippen LogP contribution in [0.25, 0.3) is 0 Å². The molecule has 1 N–H and O–H groups in total. The minimum absolute atomic E-state index is 0.0580. The third-order valence-corrected chi connectivity index (χ3v) is 4.97. The summed E-state index contributed by atoms with van der Waals surface area (Å²) in [5.41, 5.74) is -1.36. The van der Waals surface area contributed by atoms with Gasteiger partial charge in [0.2, 0.25) is 11.8 Å². The van der Waals surface area contributed by atoms with Gasteiger partial charge in [0.15, 0.2) is 0 Å². The number of aromatic nitrogens is 4. The summed E-state index contributed by atoms with van der Waals surface area (Å²) in [7, 11) is 1.11. The number of esters is 1. The van der Waals surface area contributed by atoms with E-state index in [0.717, 1.165) is 20.0 Å². The number of nitrogens with one attached hydrogen (secondary N) is 1. The quantitative estimate of drug-likeness (QED) is 0.776. The van der Waals surface area contributed by atoms with Crippen LogP contribution in [0.1, 0.15) is 43.5 Å². The summed E-state index contributed by atoms with van der Waals surface area (Å²) in [6.45, 7) is 2.09. The van der Waals surface area contributed by atoms with Gasteiger partial charge in [0, 0.05) is 18.7 Å².